The van der Waals surface area contributed by atoms with E-state index in [9.17, 15) is 13.2 Å². The number of nitrogens with zero attached hydrogens (tertiary/aromatic N) is 1. The van der Waals surface area contributed by atoms with Crippen molar-refractivity contribution in [2.75, 3.05) is 26.3 Å². The van der Waals surface area contributed by atoms with Gasteiger partial charge in [-0.2, -0.15) is 4.31 Å². The SMILES string of the molecule is CCOCCNC(=O)[C@@H]1CCCN1S(=O)(=O)c1cccs1. The number of ether oxygens (including phenoxy) is 1. The molecule has 0 aromatic carbocycles. The van der Waals surface area contributed by atoms with Gasteiger partial charge in [-0.3, -0.25) is 4.79 Å². The van der Waals surface area contributed by atoms with Crippen LogP contribution >= 0.6 is 11.3 Å². The summed E-state index contributed by atoms with van der Waals surface area (Å²) in [6, 6.07) is 2.66. The Morgan fingerprint density at radius 2 is 2.38 bits per heavy atom. The Morgan fingerprint density at radius 3 is 3.05 bits per heavy atom. The Morgan fingerprint density at radius 1 is 1.57 bits per heavy atom. The summed E-state index contributed by atoms with van der Waals surface area (Å²) in [6.45, 7) is 3.71. The molecule has 1 aliphatic rings. The summed E-state index contributed by atoms with van der Waals surface area (Å²) in [5.41, 5.74) is 0. The molecule has 0 bridgehead atoms. The van der Waals surface area contributed by atoms with E-state index in [0.717, 1.165) is 0 Å². The first-order valence-corrected chi connectivity index (χ1v) is 9.30. The van der Waals surface area contributed by atoms with Gasteiger partial charge >= 0.3 is 0 Å². The summed E-state index contributed by atoms with van der Waals surface area (Å²) in [5.74, 6) is -0.243. The molecule has 1 saturated heterocycles. The van der Waals surface area contributed by atoms with E-state index in [1.165, 1.54) is 15.6 Å². The summed E-state index contributed by atoms with van der Waals surface area (Å²) in [6.07, 6.45) is 1.26. The molecule has 2 heterocycles. The highest BCUT2D eigenvalue weighted by Crippen LogP contribution is 2.28. The molecule has 1 atom stereocenters. The van der Waals surface area contributed by atoms with E-state index in [-0.39, 0.29) is 10.1 Å². The molecular formula is C13H20N2O4S2. The van der Waals surface area contributed by atoms with Crippen molar-refractivity contribution in [2.45, 2.75) is 30.0 Å². The lowest BCUT2D eigenvalue weighted by Crippen LogP contribution is -2.46. The molecule has 1 aliphatic heterocycles. The maximum Gasteiger partial charge on any atom is 0.253 e. The average molecular weight is 332 g/mol. The van der Waals surface area contributed by atoms with E-state index in [1.807, 2.05) is 6.92 Å². The Labute approximate surface area is 129 Å². The molecular weight excluding hydrogens is 312 g/mol. The molecule has 0 radical (unpaired) electrons. The number of amides is 1. The van der Waals surface area contributed by atoms with Gasteiger partial charge in [0.25, 0.3) is 10.0 Å². The van der Waals surface area contributed by atoms with Crippen molar-refractivity contribution >= 4 is 27.3 Å². The number of sulfonamides is 1. The fourth-order valence-corrected chi connectivity index (χ4v) is 5.10. The van der Waals surface area contributed by atoms with Crippen molar-refractivity contribution in [2.24, 2.45) is 0 Å². The Kier molecular flexibility index (Phi) is 5.74. The van der Waals surface area contributed by atoms with E-state index in [1.54, 1.807) is 17.5 Å². The van der Waals surface area contributed by atoms with Gasteiger partial charge in [-0.25, -0.2) is 8.42 Å². The monoisotopic (exact) mass is 332 g/mol. The highest BCUT2D eigenvalue weighted by molar-refractivity contribution is 7.91. The zero-order valence-corrected chi connectivity index (χ0v) is 13.6. The van der Waals surface area contributed by atoms with E-state index in [4.69, 9.17) is 4.74 Å². The van der Waals surface area contributed by atoms with Crippen molar-refractivity contribution in [1.82, 2.24) is 9.62 Å². The van der Waals surface area contributed by atoms with Crippen LogP contribution in [0.3, 0.4) is 0 Å². The smallest absolute Gasteiger partial charge is 0.253 e. The summed E-state index contributed by atoms with van der Waals surface area (Å²) < 4.78 is 31.8. The molecule has 1 aromatic heterocycles. The third-order valence-corrected chi connectivity index (χ3v) is 6.60. The van der Waals surface area contributed by atoms with E-state index in [2.05, 4.69) is 5.32 Å². The lowest BCUT2D eigenvalue weighted by molar-refractivity contribution is -0.124. The highest BCUT2D eigenvalue weighted by atomic mass is 32.2. The van der Waals surface area contributed by atoms with E-state index < -0.39 is 16.1 Å². The molecule has 1 N–H and O–H groups in total. The zero-order chi connectivity index (χ0) is 15.3. The number of hydrogen-bond donors (Lipinski definition) is 1. The Bertz CT molecular complexity index is 557. The van der Waals surface area contributed by atoms with Gasteiger partial charge < -0.3 is 10.1 Å². The van der Waals surface area contributed by atoms with Gasteiger partial charge in [-0.1, -0.05) is 6.07 Å². The van der Waals surface area contributed by atoms with E-state index >= 15 is 0 Å². The molecule has 1 aromatic rings. The highest BCUT2D eigenvalue weighted by Gasteiger charge is 2.39. The molecule has 21 heavy (non-hydrogen) atoms. The minimum absolute atomic E-state index is 0.243. The second kappa shape index (κ2) is 7.35. The first-order chi connectivity index (χ1) is 10.1. The molecule has 0 aliphatic carbocycles. The molecule has 8 heteroatoms. The van der Waals surface area contributed by atoms with Gasteiger partial charge in [-0.15, -0.1) is 11.3 Å². The third-order valence-electron chi connectivity index (χ3n) is 3.31. The fourth-order valence-electron chi connectivity index (χ4n) is 2.32. The average Bonchev–Trinajstić information content (AvgIpc) is 3.13. The van der Waals surface area contributed by atoms with Gasteiger partial charge in [0, 0.05) is 19.7 Å². The van der Waals surface area contributed by atoms with Crippen LogP contribution in [-0.2, 0) is 19.6 Å². The predicted octanol–water partition coefficient (Wildman–Crippen LogP) is 1.05. The summed E-state index contributed by atoms with van der Waals surface area (Å²) in [4.78, 5) is 12.2. The first kappa shape index (κ1) is 16.4. The van der Waals surface area contributed by atoms with Crippen molar-refractivity contribution in [3.05, 3.63) is 17.5 Å². The normalized spacial score (nSPS) is 19.8. The minimum atomic E-state index is -3.57. The van der Waals surface area contributed by atoms with Crippen molar-refractivity contribution in [3.63, 3.8) is 0 Å². The van der Waals surface area contributed by atoms with Crippen molar-refractivity contribution in [1.29, 1.82) is 0 Å². The summed E-state index contributed by atoms with van der Waals surface area (Å²) >= 11 is 1.17. The quantitative estimate of drug-likeness (QED) is 0.758. The molecule has 118 valence electrons. The van der Waals surface area contributed by atoms with Gasteiger partial charge in [0.05, 0.1) is 6.61 Å². The van der Waals surface area contributed by atoms with Gasteiger partial charge in [0.15, 0.2) is 0 Å². The van der Waals surface area contributed by atoms with Crippen LogP contribution < -0.4 is 5.32 Å². The number of nitrogens with one attached hydrogen (secondary N) is 1. The Balaban J connectivity index is 2.02. The number of hydrogen-bond acceptors (Lipinski definition) is 5. The maximum absolute atomic E-state index is 12.5. The molecule has 0 saturated carbocycles. The number of carbonyl (C=O) groups is 1. The van der Waals surface area contributed by atoms with Crippen LogP contribution in [-0.4, -0.2) is 51.0 Å². The van der Waals surface area contributed by atoms with Gasteiger partial charge in [0.2, 0.25) is 5.91 Å². The molecule has 0 spiro atoms. The second-order valence-electron chi connectivity index (χ2n) is 4.69. The maximum atomic E-state index is 12.5. The standard InChI is InChI=1S/C13H20N2O4S2/c1-2-19-9-7-14-13(16)11-5-3-8-15(11)21(17,18)12-6-4-10-20-12/h4,6,10-11H,2-3,5,7-9H2,1H3,(H,14,16)/t11-/m0/s1. The second-order valence-corrected chi connectivity index (χ2v) is 7.76. The lowest BCUT2D eigenvalue weighted by Gasteiger charge is -2.22. The largest absolute Gasteiger partial charge is 0.380 e. The van der Waals surface area contributed by atoms with Crippen LogP contribution in [0.15, 0.2) is 21.7 Å². The lowest BCUT2D eigenvalue weighted by atomic mass is 10.2. The fraction of sp³-hybridized carbons (Fsp3) is 0.615. The van der Waals surface area contributed by atoms with Crippen LogP contribution in [0, 0.1) is 0 Å². The Hall–Kier alpha value is -0.960. The number of rotatable bonds is 7. The van der Waals surface area contributed by atoms with Crippen LogP contribution in [0.2, 0.25) is 0 Å². The zero-order valence-electron chi connectivity index (χ0n) is 11.9. The summed E-state index contributed by atoms with van der Waals surface area (Å²) in [5, 5.41) is 4.46. The molecule has 0 unspecified atom stereocenters. The number of thiophene rings is 1. The van der Waals surface area contributed by atoms with Gasteiger partial charge in [-0.05, 0) is 31.2 Å². The predicted molar refractivity (Wildman–Crippen MR) is 80.7 cm³/mol. The summed E-state index contributed by atoms with van der Waals surface area (Å²) in [7, 11) is -3.57. The van der Waals surface area contributed by atoms with Crippen molar-refractivity contribution < 1.29 is 17.9 Å². The first-order valence-electron chi connectivity index (χ1n) is 6.98. The third kappa shape index (κ3) is 3.82. The van der Waals surface area contributed by atoms with Crippen LogP contribution in [0.1, 0.15) is 19.8 Å². The van der Waals surface area contributed by atoms with Gasteiger partial charge in [0.1, 0.15) is 10.3 Å². The molecule has 2 rings (SSSR count). The molecule has 6 nitrogen and oxygen atoms in total. The molecule has 1 amide bonds. The van der Waals surface area contributed by atoms with E-state index in [0.29, 0.717) is 39.1 Å². The topological polar surface area (TPSA) is 75.7 Å². The van der Waals surface area contributed by atoms with Crippen LogP contribution in [0.4, 0.5) is 0 Å². The molecule has 1 fully saturated rings. The minimum Gasteiger partial charge on any atom is -0.380 e. The van der Waals surface area contributed by atoms with Crippen molar-refractivity contribution in [3.8, 4) is 0 Å². The van der Waals surface area contributed by atoms with Crippen LogP contribution in [0.5, 0.6) is 0 Å². The number of carbonyl (C=O) groups excluding carboxylic acids is 1. The van der Waals surface area contributed by atoms with Crippen LogP contribution in [0.25, 0.3) is 0 Å².